The molecule has 0 aromatic heterocycles. The van der Waals surface area contributed by atoms with Gasteiger partial charge < -0.3 is 10.1 Å². The minimum absolute atomic E-state index is 0.229. The van der Waals surface area contributed by atoms with Crippen molar-refractivity contribution in [2.24, 2.45) is 0 Å². The molecule has 1 heterocycles. The smallest absolute Gasteiger partial charge is 0.241 e. The van der Waals surface area contributed by atoms with E-state index in [1.54, 1.807) is 0 Å². The van der Waals surface area contributed by atoms with Gasteiger partial charge in [-0.15, -0.1) is 0 Å². The van der Waals surface area contributed by atoms with Crippen LogP contribution in [0.5, 0.6) is 5.75 Å². The SMILES string of the molecule is Cc1ccc2c(c1)OC(C)(C)C[C@@H]2NC(=O)CN(c1ccc(F)cc1)S(C)(=O)=O. The van der Waals surface area contributed by atoms with Gasteiger partial charge in [0, 0.05) is 12.0 Å². The first kappa shape index (κ1) is 21.1. The fourth-order valence-corrected chi connectivity index (χ4v) is 4.32. The van der Waals surface area contributed by atoms with E-state index in [9.17, 15) is 17.6 Å². The van der Waals surface area contributed by atoms with Crippen LogP contribution in [-0.4, -0.2) is 32.7 Å². The van der Waals surface area contributed by atoms with Gasteiger partial charge in [-0.05, 0) is 56.7 Å². The summed E-state index contributed by atoms with van der Waals surface area (Å²) < 4.78 is 44.6. The molecule has 0 saturated carbocycles. The van der Waals surface area contributed by atoms with Gasteiger partial charge in [-0.3, -0.25) is 9.10 Å². The van der Waals surface area contributed by atoms with Crippen LogP contribution < -0.4 is 14.4 Å². The van der Waals surface area contributed by atoms with Crippen LogP contribution in [0.4, 0.5) is 10.1 Å². The summed E-state index contributed by atoms with van der Waals surface area (Å²) >= 11 is 0. The highest BCUT2D eigenvalue weighted by Gasteiger charge is 2.35. The molecule has 0 aliphatic carbocycles. The van der Waals surface area contributed by atoms with Crippen molar-refractivity contribution in [3.63, 3.8) is 0 Å². The zero-order chi connectivity index (χ0) is 21.4. The first-order valence-electron chi connectivity index (χ1n) is 9.27. The summed E-state index contributed by atoms with van der Waals surface area (Å²) in [6.45, 7) is 5.45. The van der Waals surface area contributed by atoms with Crippen LogP contribution in [0.3, 0.4) is 0 Å². The Bertz CT molecular complexity index is 1020. The molecular weight excluding hydrogens is 395 g/mol. The van der Waals surface area contributed by atoms with Crippen LogP contribution in [0.2, 0.25) is 0 Å². The molecule has 1 N–H and O–H groups in total. The van der Waals surface area contributed by atoms with Gasteiger partial charge in [0.15, 0.2) is 0 Å². The number of nitrogens with zero attached hydrogens (tertiary/aromatic N) is 1. The van der Waals surface area contributed by atoms with E-state index in [4.69, 9.17) is 4.74 Å². The van der Waals surface area contributed by atoms with Gasteiger partial charge in [0.1, 0.15) is 23.7 Å². The molecule has 3 rings (SSSR count). The van der Waals surface area contributed by atoms with E-state index in [1.807, 2.05) is 39.0 Å². The number of ether oxygens (including phenoxy) is 1. The maximum absolute atomic E-state index is 13.2. The molecule has 0 fully saturated rings. The number of halogens is 1. The van der Waals surface area contributed by atoms with Gasteiger partial charge in [-0.2, -0.15) is 0 Å². The lowest BCUT2D eigenvalue weighted by Gasteiger charge is -2.38. The summed E-state index contributed by atoms with van der Waals surface area (Å²) in [4.78, 5) is 12.8. The molecule has 8 heteroatoms. The lowest BCUT2D eigenvalue weighted by Crippen LogP contribution is -2.45. The van der Waals surface area contributed by atoms with Crippen molar-refractivity contribution in [3.8, 4) is 5.75 Å². The van der Waals surface area contributed by atoms with Crippen LogP contribution in [0, 0.1) is 12.7 Å². The third-order valence-electron chi connectivity index (χ3n) is 4.76. The zero-order valence-electron chi connectivity index (χ0n) is 16.9. The molecule has 0 spiro atoms. The third-order valence-corrected chi connectivity index (χ3v) is 5.90. The molecule has 0 unspecified atom stereocenters. The fourth-order valence-electron chi connectivity index (χ4n) is 3.47. The van der Waals surface area contributed by atoms with Crippen molar-refractivity contribution < 1.29 is 22.3 Å². The molecular formula is C21H25FN2O4S. The van der Waals surface area contributed by atoms with Gasteiger partial charge in [-0.1, -0.05) is 12.1 Å². The molecule has 1 aliphatic heterocycles. The van der Waals surface area contributed by atoms with E-state index in [2.05, 4.69) is 5.32 Å². The molecule has 1 amide bonds. The summed E-state index contributed by atoms with van der Waals surface area (Å²) in [6.07, 6.45) is 1.56. The van der Waals surface area contributed by atoms with E-state index in [0.29, 0.717) is 12.2 Å². The average molecular weight is 421 g/mol. The van der Waals surface area contributed by atoms with E-state index >= 15 is 0 Å². The topological polar surface area (TPSA) is 75.7 Å². The Morgan fingerprint density at radius 1 is 1.24 bits per heavy atom. The van der Waals surface area contributed by atoms with Crippen molar-refractivity contribution >= 4 is 21.6 Å². The number of rotatable bonds is 5. The quantitative estimate of drug-likeness (QED) is 0.805. The van der Waals surface area contributed by atoms with Crippen LogP contribution in [0.25, 0.3) is 0 Å². The Balaban J connectivity index is 1.83. The first-order valence-corrected chi connectivity index (χ1v) is 11.1. The van der Waals surface area contributed by atoms with E-state index in [1.165, 1.54) is 12.1 Å². The van der Waals surface area contributed by atoms with Gasteiger partial charge >= 0.3 is 0 Å². The Morgan fingerprint density at radius 3 is 2.52 bits per heavy atom. The zero-order valence-corrected chi connectivity index (χ0v) is 17.7. The Hall–Kier alpha value is -2.61. The molecule has 0 saturated heterocycles. The number of sulfonamides is 1. The Kier molecular flexibility index (Phi) is 5.58. The first-order chi connectivity index (χ1) is 13.4. The second-order valence-corrected chi connectivity index (χ2v) is 9.88. The molecule has 2 aromatic carbocycles. The van der Waals surface area contributed by atoms with Crippen molar-refractivity contribution in [3.05, 3.63) is 59.4 Å². The van der Waals surface area contributed by atoms with Crippen molar-refractivity contribution in [1.29, 1.82) is 0 Å². The number of amides is 1. The normalized spacial score (nSPS) is 17.8. The highest BCUT2D eigenvalue weighted by Crippen LogP contribution is 2.39. The van der Waals surface area contributed by atoms with Crippen LogP contribution in [0.15, 0.2) is 42.5 Å². The molecule has 156 valence electrons. The summed E-state index contributed by atoms with van der Waals surface area (Å²) in [5, 5.41) is 2.93. The van der Waals surface area contributed by atoms with Gasteiger partial charge in [-0.25, -0.2) is 12.8 Å². The van der Waals surface area contributed by atoms with E-state index in [0.717, 1.165) is 33.8 Å². The van der Waals surface area contributed by atoms with Gasteiger partial charge in [0.05, 0.1) is 18.0 Å². The van der Waals surface area contributed by atoms with Gasteiger partial charge in [0.2, 0.25) is 15.9 Å². The van der Waals surface area contributed by atoms with E-state index in [-0.39, 0.29) is 11.7 Å². The predicted molar refractivity (Wildman–Crippen MR) is 110 cm³/mol. The molecule has 6 nitrogen and oxygen atoms in total. The van der Waals surface area contributed by atoms with Crippen LogP contribution >= 0.6 is 0 Å². The number of fused-ring (bicyclic) bond motifs is 1. The standard InChI is InChI=1S/C21H25FN2O4S/c1-14-5-10-17-18(12-21(2,3)28-19(17)11-14)23-20(25)13-24(29(4,26)27)16-8-6-15(22)7-9-16/h5-11,18H,12-13H2,1-4H3,(H,23,25)/t18-/m0/s1. The highest BCUT2D eigenvalue weighted by atomic mass is 32.2. The van der Waals surface area contributed by atoms with Gasteiger partial charge in [0.25, 0.3) is 0 Å². The Morgan fingerprint density at radius 2 is 1.90 bits per heavy atom. The van der Waals surface area contributed by atoms with Crippen molar-refractivity contribution in [2.45, 2.75) is 38.8 Å². The number of carbonyl (C=O) groups excluding carboxylic acids is 1. The molecule has 29 heavy (non-hydrogen) atoms. The lowest BCUT2D eigenvalue weighted by molar-refractivity contribution is -0.120. The molecule has 1 atom stereocenters. The molecule has 0 radical (unpaired) electrons. The summed E-state index contributed by atoms with van der Waals surface area (Å²) in [5.74, 6) is -0.220. The average Bonchev–Trinajstić information content (AvgIpc) is 2.58. The number of nitrogens with one attached hydrogen (secondary N) is 1. The number of carbonyl (C=O) groups is 1. The largest absolute Gasteiger partial charge is 0.487 e. The molecule has 0 bridgehead atoms. The monoisotopic (exact) mass is 420 g/mol. The number of benzene rings is 2. The maximum atomic E-state index is 13.2. The summed E-state index contributed by atoms with van der Waals surface area (Å²) in [6, 6.07) is 10.5. The highest BCUT2D eigenvalue weighted by molar-refractivity contribution is 7.92. The third kappa shape index (κ3) is 5.06. The minimum Gasteiger partial charge on any atom is -0.487 e. The van der Waals surface area contributed by atoms with Crippen molar-refractivity contribution in [1.82, 2.24) is 5.32 Å². The number of hydrogen-bond acceptors (Lipinski definition) is 4. The lowest BCUT2D eigenvalue weighted by atomic mass is 9.89. The summed E-state index contributed by atoms with van der Waals surface area (Å²) in [5.41, 5.74) is 1.65. The maximum Gasteiger partial charge on any atom is 0.241 e. The number of anilines is 1. The number of aryl methyl sites for hydroxylation is 1. The second kappa shape index (κ2) is 7.67. The van der Waals surface area contributed by atoms with Crippen LogP contribution in [-0.2, 0) is 14.8 Å². The molecule has 2 aromatic rings. The minimum atomic E-state index is -3.73. The second-order valence-electron chi connectivity index (χ2n) is 7.97. The fraction of sp³-hybridized carbons (Fsp3) is 0.381. The number of hydrogen-bond donors (Lipinski definition) is 1. The molecule has 1 aliphatic rings. The van der Waals surface area contributed by atoms with Crippen molar-refractivity contribution in [2.75, 3.05) is 17.1 Å². The Labute approximate surface area is 170 Å². The predicted octanol–water partition coefficient (Wildman–Crippen LogP) is 3.32. The summed E-state index contributed by atoms with van der Waals surface area (Å²) in [7, 11) is -3.73. The van der Waals surface area contributed by atoms with E-state index < -0.39 is 33.9 Å². The van der Waals surface area contributed by atoms with Crippen LogP contribution in [0.1, 0.15) is 37.4 Å².